The maximum absolute atomic E-state index is 12.9. The predicted molar refractivity (Wildman–Crippen MR) is 203 cm³/mol. The average Bonchev–Trinajstić information content (AvgIpc) is 3.38. The van der Waals surface area contributed by atoms with Gasteiger partial charge in [0.15, 0.2) is 6.10 Å². The molecule has 0 spiro atoms. The summed E-state index contributed by atoms with van der Waals surface area (Å²) in [6.45, 7) is 5.64. The largest absolute Gasteiger partial charge is 0.479 e. The Morgan fingerprint density at radius 3 is 2.30 bits per heavy atom. The Morgan fingerprint density at radius 1 is 0.982 bits per heavy atom. The Balaban J connectivity index is 1.58. The zero-order valence-corrected chi connectivity index (χ0v) is 34.0. The van der Waals surface area contributed by atoms with Crippen molar-refractivity contribution in [2.75, 3.05) is 18.8 Å². The van der Waals surface area contributed by atoms with Gasteiger partial charge in [0.1, 0.15) is 42.5 Å². The molecule has 2 heterocycles. The highest BCUT2D eigenvalue weighted by atomic mass is 32.2. The second-order valence-corrected chi connectivity index (χ2v) is 16.8. The van der Waals surface area contributed by atoms with Gasteiger partial charge < -0.3 is 45.3 Å². The van der Waals surface area contributed by atoms with Gasteiger partial charge in [-0.2, -0.15) is 8.42 Å². The van der Waals surface area contributed by atoms with Crippen molar-refractivity contribution < 1.29 is 76.4 Å². The minimum absolute atomic E-state index is 0.0277. The number of carbonyl (C=O) groups is 6. The highest BCUT2D eigenvalue weighted by molar-refractivity contribution is 7.85. The number of carboxylic acids is 1. The first-order chi connectivity index (χ1) is 26.7. The number of aryl methyl sites for hydroxylation is 1. The Labute approximate surface area is 333 Å². The zero-order chi connectivity index (χ0) is 42.6. The number of ether oxygens (including phenoxy) is 3. The molecular weight excluding hydrogens is 793 g/mol. The van der Waals surface area contributed by atoms with E-state index in [0.29, 0.717) is 49.7 Å². The number of unbranched alkanes of at least 4 members (excludes halogenated alkanes) is 3. The van der Waals surface area contributed by atoms with Crippen molar-refractivity contribution in [3.05, 3.63) is 29.3 Å². The number of hydrogen-bond donors (Lipinski definition) is 7. The number of hydrogen-bond acceptors (Lipinski definition) is 14. The van der Waals surface area contributed by atoms with E-state index >= 15 is 0 Å². The Hall–Kier alpha value is -3.78. The Bertz CT molecular complexity index is 1710. The van der Waals surface area contributed by atoms with Crippen LogP contribution in [0.3, 0.4) is 0 Å². The molecule has 0 bridgehead atoms. The fraction of sp³-hybridized carbons (Fsp3) is 0.667. The van der Waals surface area contributed by atoms with Gasteiger partial charge in [0, 0.05) is 25.9 Å². The number of carboxylic acid groups (broad SMARTS) is 1. The molecule has 57 heavy (non-hydrogen) atoms. The molecule has 0 aromatic heterocycles. The van der Waals surface area contributed by atoms with Gasteiger partial charge in [-0.1, -0.05) is 33.3 Å². The first kappa shape index (κ1) is 47.6. The van der Waals surface area contributed by atoms with Crippen LogP contribution in [0.2, 0.25) is 0 Å². The summed E-state index contributed by atoms with van der Waals surface area (Å²) in [5.74, 6) is -5.33. The summed E-state index contributed by atoms with van der Waals surface area (Å²) in [7, 11) is -2.34. The zero-order valence-electron chi connectivity index (χ0n) is 32.1. The maximum atomic E-state index is 12.9. The summed E-state index contributed by atoms with van der Waals surface area (Å²) in [5, 5.41) is 44.8. The minimum Gasteiger partial charge on any atom is -0.479 e. The number of aliphatic hydroxyl groups excluding tert-OH is 3. The number of aliphatic hydroxyl groups is 3. The van der Waals surface area contributed by atoms with Crippen LogP contribution < -0.4 is 15.4 Å². The number of likely N-dealkylation sites (tertiary alicyclic amines) is 1. The van der Waals surface area contributed by atoms with Gasteiger partial charge in [-0.3, -0.25) is 33.4 Å². The topological polar surface area (TPSA) is 293 Å². The van der Waals surface area contributed by atoms with Gasteiger partial charge in [-0.15, -0.1) is 9.24 Å². The van der Waals surface area contributed by atoms with E-state index in [1.807, 2.05) is 13.8 Å². The summed E-state index contributed by atoms with van der Waals surface area (Å²) in [5.41, 5.74) is 0.753. The highest BCUT2D eigenvalue weighted by Crippen LogP contribution is 2.28. The smallest absolute Gasteiger partial charge is 0.335 e. The number of nitrogens with zero attached hydrogens (tertiary/aromatic N) is 1. The Morgan fingerprint density at radius 2 is 1.68 bits per heavy atom. The van der Waals surface area contributed by atoms with E-state index in [2.05, 4.69) is 19.9 Å². The Kier molecular flexibility index (Phi) is 18.2. The highest BCUT2D eigenvalue weighted by Gasteiger charge is 2.48. The number of esters is 1. The van der Waals surface area contributed by atoms with E-state index in [1.54, 1.807) is 19.1 Å². The number of rotatable bonds is 22. The van der Waals surface area contributed by atoms with Crippen LogP contribution in [-0.4, -0.2) is 135 Å². The molecule has 3 rings (SSSR count). The van der Waals surface area contributed by atoms with Gasteiger partial charge in [0.05, 0.1) is 11.6 Å². The molecule has 2 aliphatic rings. The molecule has 1 aromatic carbocycles. The number of nitrogens with one attached hydrogen (secondary N) is 2. The van der Waals surface area contributed by atoms with Crippen LogP contribution in [0.5, 0.6) is 5.75 Å². The van der Waals surface area contributed by atoms with Crippen molar-refractivity contribution in [1.29, 1.82) is 0 Å². The number of carbonyl (C=O) groups excluding carboxylic acids is 5. The quantitative estimate of drug-likeness (QED) is 0.0258. The van der Waals surface area contributed by atoms with Crippen LogP contribution in [0.15, 0.2) is 18.2 Å². The summed E-state index contributed by atoms with van der Waals surface area (Å²) in [6, 6.07) is 3.00. The van der Waals surface area contributed by atoms with Crippen molar-refractivity contribution in [3.8, 4) is 5.75 Å². The molecule has 2 aliphatic heterocycles. The van der Waals surface area contributed by atoms with Crippen molar-refractivity contribution in [3.63, 3.8) is 0 Å². The minimum atomic E-state index is -4.67. The van der Waals surface area contributed by atoms with E-state index in [4.69, 9.17) is 14.2 Å². The fourth-order valence-electron chi connectivity index (χ4n) is 6.00. The number of imide groups is 1. The molecule has 9 atom stereocenters. The standard InChI is InChI=1S/C36H54N3O16PS/c1-19(2)20(3)35(49)53-17-22-11-12-23(54-36-30(44)28(42)29(43)31(55-36)34(47)48)15-21(22)9-6-7-13-37-32(45)24(18-57(50,51)52)38-26(40)10-5-4-8-14-39-27(41)16-25(56)33(39)46/h11-12,15,19-20,24-25,28-31,36,42-44H,4-10,13-14,16-18,56H2,1-3H3,(H,37,45)(H,38,40)(H,47,48)(H,50,51,52)/t20?,24-,25?,28-,29-,30+,31-,36+/m0/s1. The number of benzene rings is 1. The molecule has 2 saturated heterocycles. The lowest BCUT2D eigenvalue weighted by Crippen LogP contribution is -2.61. The molecule has 19 nitrogen and oxygen atoms in total. The SMILES string of the molecule is CC(C)C(C)C(=O)OCc1ccc(O[C@@H]2O[C@H](C(=O)O)[C@@H](O)[C@H](O)[C@H]2O)cc1CCCCNC(=O)[C@H](CS(=O)(=O)O)NC(=O)CCCCCN1C(=O)CC(P)C1=O. The predicted octanol–water partition coefficient (Wildman–Crippen LogP) is -0.333. The van der Waals surface area contributed by atoms with Gasteiger partial charge in [-0.05, 0) is 61.3 Å². The third-order valence-corrected chi connectivity index (χ3v) is 11.0. The van der Waals surface area contributed by atoms with Gasteiger partial charge in [0.2, 0.25) is 29.9 Å². The molecule has 7 N–H and O–H groups in total. The molecule has 2 fully saturated rings. The monoisotopic (exact) mass is 847 g/mol. The summed E-state index contributed by atoms with van der Waals surface area (Å²) >= 11 is 0. The summed E-state index contributed by atoms with van der Waals surface area (Å²) in [6.07, 6.45) is -6.76. The lowest BCUT2D eigenvalue weighted by molar-refractivity contribution is -0.271. The number of amides is 4. The first-order valence-corrected chi connectivity index (χ1v) is 21.0. The van der Waals surface area contributed by atoms with Crippen molar-refractivity contribution in [2.45, 2.75) is 121 Å². The summed E-state index contributed by atoms with van der Waals surface area (Å²) in [4.78, 5) is 74.8. The van der Waals surface area contributed by atoms with Gasteiger partial charge in [-0.25, -0.2) is 4.79 Å². The fourth-order valence-corrected chi connectivity index (χ4v) is 7.03. The van der Waals surface area contributed by atoms with Crippen LogP contribution in [-0.2, 0) is 61.4 Å². The molecule has 0 aliphatic carbocycles. The van der Waals surface area contributed by atoms with Crippen molar-refractivity contribution >= 4 is 54.9 Å². The third-order valence-electron chi connectivity index (χ3n) is 9.75. The first-order valence-electron chi connectivity index (χ1n) is 18.7. The lowest BCUT2D eigenvalue weighted by atomic mass is 9.98. The number of aliphatic carboxylic acids is 1. The van der Waals surface area contributed by atoms with Gasteiger partial charge in [0.25, 0.3) is 10.1 Å². The molecule has 0 radical (unpaired) electrons. The van der Waals surface area contributed by atoms with Crippen LogP contribution in [0.25, 0.3) is 0 Å². The van der Waals surface area contributed by atoms with Gasteiger partial charge >= 0.3 is 11.9 Å². The summed E-state index contributed by atoms with van der Waals surface area (Å²) < 4.78 is 49.2. The lowest BCUT2D eigenvalue weighted by Gasteiger charge is -2.38. The van der Waals surface area contributed by atoms with Crippen LogP contribution in [0, 0.1) is 11.8 Å². The molecule has 4 amide bonds. The second-order valence-electron chi connectivity index (χ2n) is 14.5. The third kappa shape index (κ3) is 14.5. The molecular formula is C36H54N3O16PS. The maximum Gasteiger partial charge on any atom is 0.335 e. The van der Waals surface area contributed by atoms with Crippen LogP contribution in [0.1, 0.15) is 76.8 Å². The van der Waals surface area contributed by atoms with E-state index in [-0.39, 0.29) is 61.9 Å². The van der Waals surface area contributed by atoms with E-state index in [0.717, 1.165) is 0 Å². The second kappa shape index (κ2) is 21.8. The molecule has 21 heteroatoms. The molecule has 1 aromatic rings. The van der Waals surface area contributed by atoms with Crippen LogP contribution >= 0.6 is 9.24 Å². The van der Waals surface area contributed by atoms with E-state index in [1.165, 1.54) is 11.0 Å². The van der Waals surface area contributed by atoms with Crippen molar-refractivity contribution in [2.24, 2.45) is 11.8 Å². The average molecular weight is 848 g/mol. The molecule has 320 valence electrons. The van der Waals surface area contributed by atoms with Crippen LogP contribution in [0.4, 0.5) is 0 Å². The normalized spacial score (nSPS) is 23.6. The van der Waals surface area contributed by atoms with E-state index in [9.17, 15) is 62.2 Å². The van der Waals surface area contributed by atoms with Crippen molar-refractivity contribution in [1.82, 2.24) is 15.5 Å². The molecule has 3 unspecified atom stereocenters. The molecule has 0 saturated carbocycles. The van der Waals surface area contributed by atoms with E-state index < -0.39 is 82.0 Å².